The highest BCUT2D eigenvalue weighted by Gasteiger charge is 2.47. The molecule has 0 radical (unpaired) electrons. The molecule has 0 fully saturated rings. The molecule has 0 aliphatic carbocycles. The van der Waals surface area contributed by atoms with Crippen molar-refractivity contribution in [2.45, 2.75) is 105 Å². The van der Waals surface area contributed by atoms with E-state index in [9.17, 15) is 0 Å². The zero-order chi connectivity index (χ0) is 63.3. The number of benzene rings is 12. The quantitative estimate of drug-likeness (QED) is 0.154. The molecule has 3 nitrogen and oxygen atoms in total. The van der Waals surface area contributed by atoms with Gasteiger partial charge in [0.1, 0.15) is 0 Å². The Morgan fingerprint density at radius 2 is 0.663 bits per heavy atom. The van der Waals surface area contributed by atoms with E-state index in [2.05, 4.69) is 352 Å². The minimum absolute atomic E-state index is 0.0200. The van der Waals surface area contributed by atoms with E-state index in [-0.39, 0.29) is 28.4 Å². The highest BCUT2D eigenvalue weighted by molar-refractivity contribution is 7.00. The number of rotatable bonds is 6. The van der Waals surface area contributed by atoms with Gasteiger partial charge in [-0.2, -0.15) is 0 Å². The number of nitrogens with zero attached hydrogens (tertiary/aromatic N) is 3. The normalized spacial score (nSPS) is 13.4. The van der Waals surface area contributed by atoms with E-state index in [1.165, 1.54) is 144 Å². The predicted molar refractivity (Wildman–Crippen MR) is 396 cm³/mol. The molecule has 0 N–H and O–H groups in total. The number of hydrogen-bond acceptors (Lipinski definition) is 2. The highest BCUT2D eigenvalue weighted by Crippen LogP contribution is 2.56. The predicted octanol–water partition coefficient (Wildman–Crippen LogP) is 22.4. The number of para-hydroxylation sites is 2. The number of aromatic nitrogens is 1. The second kappa shape index (κ2) is 20.8. The molecule has 0 saturated heterocycles. The van der Waals surface area contributed by atoms with Crippen LogP contribution >= 0.6 is 0 Å². The molecule has 12 aromatic carbocycles. The van der Waals surface area contributed by atoms with Crippen molar-refractivity contribution in [1.82, 2.24) is 4.57 Å². The summed E-state index contributed by atoms with van der Waals surface area (Å²) in [4.78, 5) is 5.30. The first-order chi connectivity index (χ1) is 44.1. The van der Waals surface area contributed by atoms with Crippen LogP contribution in [0.1, 0.15) is 105 Å². The standard InChI is InChI=1S/C88H78BN3/c1-85(2,3)63-43-60(44-64(51-63)86(4,5)6)57-35-39-67(40-36-57)90-80-42-38-59(61-45-65(87(7,8)9)52-66(46-61)88(10,11)12)49-75(80)89-76-50-62(56-27-17-14-18-28-56)48-74-70-30-20-19-29-69(70)73-47-58(55-25-15-13-16-26-55)37-41-79(73)92(84(74)76)82-54-68(53-81(90)83(82)89)91-77-33-23-21-31-71(77)72-32-22-24-34-78(72)91/h13-54H,1-12H3. The minimum atomic E-state index is -0.188. The van der Waals surface area contributed by atoms with Gasteiger partial charge in [0.2, 0.25) is 0 Å². The van der Waals surface area contributed by atoms with Crippen LogP contribution in [0.15, 0.2) is 255 Å². The van der Waals surface area contributed by atoms with Crippen molar-refractivity contribution in [3.05, 3.63) is 277 Å². The Morgan fingerprint density at radius 1 is 0.261 bits per heavy atom. The largest absolute Gasteiger partial charge is 0.311 e. The molecule has 4 heterocycles. The summed E-state index contributed by atoms with van der Waals surface area (Å²) in [7, 11) is 0. The van der Waals surface area contributed by atoms with Gasteiger partial charge in [0.25, 0.3) is 6.71 Å². The molecule has 0 atom stereocenters. The lowest BCUT2D eigenvalue weighted by molar-refractivity contribution is 0.568. The lowest BCUT2D eigenvalue weighted by atomic mass is 9.33. The smallest absolute Gasteiger partial charge is 0.252 e. The van der Waals surface area contributed by atoms with Gasteiger partial charge in [-0.1, -0.05) is 277 Å². The zero-order valence-corrected chi connectivity index (χ0v) is 55.2. The lowest BCUT2D eigenvalue weighted by Gasteiger charge is -2.45. The molecule has 92 heavy (non-hydrogen) atoms. The van der Waals surface area contributed by atoms with Gasteiger partial charge in [-0.05, 0) is 177 Å². The Hall–Kier alpha value is -9.90. The van der Waals surface area contributed by atoms with Crippen LogP contribution in [0.5, 0.6) is 0 Å². The molecule has 0 bridgehead atoms. The molecule has 0 unspecified atom stereocenters. The van der Waals surface area contributed by atoms with Crippen molar-refractivity contribution in [1.29, 1.82) is 0 Å². The molecule has 13 aromatic rings. The van der Waals surface area contributed by atoms with Crippen LogP contribution in [0.2, 0.25) is 0 Å². The van der Waals surface area contributed by atoms with Crippen LogP contribution in [0.3, 0.4) is 0 Å². The van der Waals surface area contributed by atoms with Crippen LogP contribution in [0, 0.1) is 0 Å². The second-order valence-electron chi connectivity index (χ2n) is 30.3. The Kier molecular flexibility index (Phi) is 13.0. The summed E-state index contributed by atoms with van der Waals surface area (Å²) in [5, 5.41) is 2.47. The Labute approximate surface area is 544 Å². The van der Waals surface area contributed by atoms with Gasteiger partial charge >= 0.3 is 0 Å². The van der Waals surface area contributed by atoms with Gasteiger partial charge in [-0.3, -0.25) is 0 Å². The monoisotopic (exact) mass is 1190 g/mol. The van der Waals surface area contributed by atoms with Gasteiger partial charge in [0.05, 0.1) is 22.4 Å². The van der Waals surface area contributed by atoms with E-state index < -0.39 is 0 Å². The van der Waals surface area contributed by atoms with Gasteiger partial charge in [0, 0.05) is 50.3 Å². The third-order valence-electron chi connectivity index (χ3n) is 20.1. The summed E-state index contributed by atoms with van der Waals surface area (Å²) < 4.78 is 2.53. The maximum atomic E-state index is 2.68. The third kappa shape index (κ3) is 9.39. The van der Waals surface area contributed by atoms with Crippen molar-refractivity contribution < 1.29 is 0 Å². The summed E-state index contributed by atoms with van der Waals surface area (Å²) in [6.07, 6.45) is 0. The van der Waals surface area contributed by atoms with Gasteiger partial charge in [0.15, 0.2) is 0 Å². The van der Waals surface area contributed by atoms with Crippen molar-refractivity contribution in [3.63, 3.8) is 0 Å². The Morgan fingerprint density at radius 3 is 1.21 bits per heavy atom. The fourth-order valence-electron chi connectivity index (χ4n) is 15.0. The lowest BCUT2D eigenvalue weighted by Crippen LogP contribution is -2.61. The van der Waals surface area contributed by atoms with Crippen LogP contribution in [0.4, 0.5) is 34.1 Å². The molecule has 0 saturated carbocycles. The average molecular weight is 1190 g/mol. The third-order valence-corrected chi connectivity index (χ3v) is 20.1. The first-order valence-corrected chi connectivity index (χ1v) is 33.0. The maximum Gasteiger partial charge on any atom is 0.252 e. The first-order valence-electron chi connectivity index (χ1n) is 33.0. The molecule has 4 heteroatoms. The van der Waals surface area contributed by atoms with E-state index >= 15 is 0 Å². The molecule has 448 valence electrons. The van der Waals surface area contributed by atoms with E-state index in [4.69, 9.17) is 0 Å². The fraction of sp³-hybridized carbons (Fsp3) is 0.182. The van der Waals surface area contributed by atoms with E-state index in [0.717, 1.165) is 22.7 Å². The molecule has 3 aliphatic rings. The summed E-state index contributed by atoms with van der Waals surface area (Å²) in [6.45, 7) is 27.9. The molecule has 0 amide bonds. The maximum absolute atomic E-state index is 2.68. The molecule has 16 rings (SSSR count). The van der Waals surface area contributed by atoms with Crippen molar-refractivity contribution in [2.24, 2.45) is 0 Å². The van der Waals surface area contributed by atoms with E-state index in [1.54, 1.807) is 0 Å². The summed E-state index contributed by atoms with van der Waals surface area (Å²) >= 11 is 0. The van der Waals surface area contributed by atoms with Crippen LogP contribution < -0.4 is 26.2 Å². The molecule has 1 aromatic heterocycles. The highest BCUT2D eigenvalue weighted by atomic mass is 15.2. The average Bonchev–Trinajstić information content (AvgIpc) is 1.19. The van der Waals surface area contributed by atoms with Gasteiger partial charge < -0.3 is 14.4 Å². The fourth-order valence-corrected chi connectivity index (χ4v) is 15.0. The van der Waals surface area contributed by atoms with Crippen LogP contribution in [0.25, 0.3) is 94.3 Å². The number of hydrogen-bond donors (Lipinski definition) is 0. The van der Waals surface area contributed by atoms with E-state index in [0.29, 0.717) is 0 Å². The minimum Gasteiger partial charge on any atom is -0.311 e. The summed E-state index contributed by atoms with van der Waals surface area (Å²) in [6, 6.07) is 98.1. The Balaban J connectivity index is 1.05. The van der Waals surface area contributed by atoms with Crippen LogP contribution in [-0.4, -0.2) is 11.3 Å². The van der Waals surface area contributed by atoms with E-state index in [1.807, 2.05) is 0 Å². The van der Waals surface area contributed by atoms with Crippen molar-refractivity contribution in [2.75, 3.05) is 9.80 Å². The summed E-state index contributed by atoms with van der Waals surface area (Å²) in [5.74, 6) is 0. The van der Waals surface area contributed by atoms with Crippen LogP contribution in [-0.2, 0) is 21.7 Å². The van der Waals surface area contributed by atoms with Crippen molar-refractivity contribution >= 4 is 79.0 Å². The molecular weight excluding hydrogens is 1110 g/mol. The topological polar surface area (TPSA) is 11.4 Å². The first kappa shape index (κ1) is 57.3. The number of anilines is 6. The molecule has 3 aliphatic heterocycles. The SMILES string of the molecule is CC(C)(C)c1cc(-c2ccc(N3c4ccc(-c5cc(C(C)(C)C)cc(C(C)(C)C)c5)cc4B4c5cc(-c6ccccc6)cc6c5N(c5ccc(-c7ccccc7)cc5-c5ccccc5-6)c5cc(-n6c7ccccc7c7ccccc76)cc3c54)cc2)cc(C(C)(C)C)c1. The Bertz CT molecular complexity index is 5020. The molecular formula is C88H78BN3. The zero-order valence-electron chi connectivity index (χ0n) is 55.2. The number of fused-ring (bicyclic) bond motifs is 12. The van der Waals surface area contributed by atoms with Gasteiger partial charge in [-0.25, -0.2) is 0 Å². The second-order valence-corrected chi connectivity index (χ2v) is 30.3. The van der Waals surface area contributed by atoms with Gasteiger partial charge in [-0.15, -0.1) is 0 Å². The molecule has 0 spiro atoms. The summed E-state index contributed by atoms with van der Waals surface area (Å²) in [5.41, 5.74) is 34.0. The van der Waals surface area contributed by atoms with Crippen molar-refractivity contribution in [3.8, 4) is 72.4 Å².